The van der Waals surface area contributed by atoms with Gasteiger partial charge in [0.05, 0.1) is 0 Å². The fourth-order valence-corrected chi connectivity index (χ4v) is 4.25. The SMILES string of the molecule is CCCC1(C)C(C)CCC1c1ccc2ccncc2c1. The van der Waals surface area contributed by atoms with E-state index in [0.717, 1.165) is 5.92 Å². The molecule has 1 heterocycles. The number of hydrogen-bond donors (Lipinski definition) is 0. The van der Waals surface area contributed by atoms with Crippen molar-refractivity contribution in [2.75, 3.05) is 0 Å². The highest BCUT2D eigenvalue weighted by atomic mass is 14.6. The molecule has 1 nitrogen and oxygen atoms in total. The molecule has 1 saturated carbocycles. The highest BCUT2D eigenvalue weighted by Crippen LogP contribution is 2.55. The van der Waals surface area contributed by atoms with Crippen molar-refractivity contribution in [2.24, 2.45) is 11.3 Å². The third-order valence-corrected chi connectivity index (χ3v) is 5.67. The van der Waals surface area contributed by atoms with Crippen molar-refractivity contribution < 1.29 is 0 Å². The van der Waals surface area contributed by atoms with E-state index in [0.29, 0.717) is 11.3 Å². The summed E-state index contributed by atoms with van der Waals surface area (Å²) in [6.45, 7) is 7.27. The second-order valence-corrected chi connectivity index (χ2v) is 6.77. The maximum atomic E-state index is 4.27. The Hall–Kier alpha value is -1.37. The van der Waals surface area contributed by atoms with E-state index in [1.807, 2.05) is 12.4 Å². The molecule has 1 aliphatic carbocycles. The van der Waals surface area contributed by atoms with E-state index < -0.39 is 0 Å². The Kier molecular flexibility index (Phi) is 3.54. The van der Waals surface area contributed by atoms with Crippen molar-refractivity contribution in [3.8, 4) is 0 Å². The Labute approximate surface area is 122 Å². The van der Waals surface area contributed by atoms with Gasteiger partial charge in [-0.3, -0.25) is 4.98 Å². The first kappa shape index (κ1) is 13.6. The second kappa shape index (κ2) is 5.20. The van der Waals surface area contributed by atoms with Crippen molar-refractivity contribution in [3.05, 3.63) is 42.2 Å². The molecule has 0 bridgehead atoms. The van der Waals surface area contributed by atoms with E-state index in [1.165, 1.54) is 42.0 Å². The van der Waals surface area contributed by atoms with Crippen LogP contribution in [0, 0.1) is 11.3 Å². The van der Waals surface area contributed by atoms with Crippen LogP contribution in [-0.2, 0) is 0 Å². The summed E-state index contributed by atoms with van der Waals surface area (Å²) in [6, 6.07) is 9.08. The minimum absolute atomic E-state index is 0.463. The molecule has 1 aromatic heterocycles. The molecule has 0 spiro atoms. The summed E-state index contributed by atoms with van der Waals surface area (Å²) in [5.41, 5.74) is 1.98. The lowest BCUT2D eigenvalue weighted by Crippen LogP contribution is -2.25. The molecule has 1 aliphatic rings. The van der Waals surface area contributed by atoms with Crippen LogP contribution in [0.5, 0.6) is 0 Å². The largest absolute Gasteiger partial charge is 0.264 e. The van der Waals surface area contributed by atoms with E-state index in [4.69, 9.17) is 0 Å². The molecule has 0 aliphatic heterocycles. The van der Waals surface area contributed by atoms with E-state index in [2.05, 4.69) is 50.0 Å². The molecule has 106 valence electrons. The van der Waals surface area contributed by atoms with Gasteiger partial charge in [0, 0.05) is 17.8 Å². The number of rotatable bonds is 3. The van der Waals surface area contributed by atoms with Crippen molar-refractivity contribution in [1.82, 2.24) is 4.98 Å². The molecule has 2 aromatic rings. The third kappa shape index (κ3) is 2.13. The van der Waals surface area contributed by atoms with Gasteiger partial charge in [0.25, 0.3) is 0 Å². The van der Waals surface area contributed by atoms with Gasteiger partial charge >= 0.3 is 0 Å². The van der Waals surface area contributed by atoms with Gasteiger partial charge in [-0.15, -0.1) is 0 Å². The van der Waals surface area contributed by atoms with E-state index >= 15 is 0 Å². The van der Waals surface area contributed by atoms with Crippen LogP contribution in [0.3, 0.4) is 0 Å². The summed E-state index contributed by atoms with van der Waals surface area (Å²) in [6.07, 6.45) is 9.20. The van der Waals surface area contributed by atoms with Crippen LogP contribution in [0.15, 0.2) is 36.7 Å². The monoisotopic (exact) mass is 267 g/mol. The summed E-state index contributed by atoms with van der Waals surface area (Å²) < 4.78 is 0. The molecule has 20 heavy (non-hydrogen) atoms. The average molecular weight is 267 g/mol. The Morgan fingerprint density at radius 2 is 2.05 bits per heavy atom. The standard InChI is InChI=1S/C19H25N/c1-4-10-19(3)14(2)5-8-18(19)16-7-6-15-9-11-20-13-17(15)12-16/h6-7,9,11-14,18H,4-5,8,10H2,1-3H3. The smallest absolute Gasteiger partial charge is 0.0346 e. The minimum Gasteiger partial charge on any atom is -0.264 e. The van der Waals surface area contributed by atoms with Gasteiger partial charge < -0.3 is 0 Å². The zero-order valence-electron chi connectivity index (χ0n) is 12.9. The topological polar surface area (TPSA) is 12.9 Å². The Morgan fingerprint density at radius 3 is 2.85 bits per heavy atom. The lowest BCUT2D eigenvalue weighted by Gasteiger charge is -2.36. The van der Waals surface area contributed by atoms with Crippen LogP contribution in [0.1, 0.15) is 57.9 Å². The van der Waals surface area contributed by atoms with Crippen LogP contribution in [0.25, 0.3) is 10.8 Å². The van der Waals surface area contributed by atoms with Gasteiger partial charge in [-0.1, -0.05) is 39.3 Å². The fraction of sp³-hybridized carbons (Fsp3) is 0.526. The summed E-state index contributed by atoms with van der Waals surface area (Å²) in [5.74, 6) is 1.54. The number of hydrogen-bond acceptors (Lipinski definition) is 1. The van der Waals surface area contributed by atoms with Crippen molar-refractivity contribution in [2.45, 2.75) is 52.4 Å². The summed E-state index contributed by atoms with van der Waals surface area (Å²) >= 11 is 0. The van der Waals surface area contributed by atoms with Gasteiger partial charge in [0.2, 0.25) is 0 Å². The number of fused-ring (bicyclic) bond motifs is 1. The number of aromatic nitrogens is 1. The lowest BCUT2D eigenvalue weighted by atomic mass is 9.69. The van der Waals surface area contributed by atoms with Gasteiger partial charge in [-0.2, -0.15) is 0 Å². The van der Waals surface area contributed by atoms with Crippen LogP contribution in [0.2, 0.25) is 0 Å². The van der Waals surface area contributed by atoms with Gasteiger partial charge in [0.1, 0.15) is 0 Å². The van der Waals surface area contributed by atoms with E-state index in [9.17, 15) is 0 Å². The minimum atomic E-state index is 0.463. The molecule has 1 heteroatoms. The molecule has 3 unspecified atom stereocenters. The molecule has 1 aromatic carbocycles. The molecule has 0 N–H and O–H groups in total. The third-order valence-electron chi connectivity index (χ3n) is 5.67. The van der Waals surface area contributed by atoms with Crippen LogP contribution < -0.4 is 0 Å². The zero-order valence-corrected chi connectivity index (χ0v) is 12.9. The van der Waals surface area contributed by atoms with Gasteiger partial charge in [-0.25, -0.2) is 0 Å². The normalized spacial score (nSPS) is 29.9. The number of benzene rings is 1. The first-order valence-electron chi connectivity index (χ1n) is 7.99. The Bertz CT molecular complexity index is 603. The van der Waals surface area contributed by atoms with Crippen molar-refractivity contribution >= 4 is 10.8 Å². The molecule has 0 radical (unpaired) electrons. The van der Waals surface area contributed by atoms with E-state index in [-0.39, 0.29) is 0 Å². The first-order valence-corrected chi connectivity index (χ1v) is 7.99. The molecule has 0 amide bonds. The van der Waals surface area contributed by atoms with Crippen molar-refractivity contribution in [1.29, 1.82) is 0 Å². The predicted molar refractivity (Wildman–Crippen MR) is 85.9 cm³/mol. The lowest BCUT2D eigenvalue weighted by molar-refractivity contribution is 0.195. The summed E-state index contributed by atoms with van der Waals surface area (Å²) in [5, 5.41) is 2.58. The predicted octanol–water partition coefficient (Wildman–Crippen LogP) is 5.55. The molecule has 3 atom stereocenters. The summed E-state index contributed by atoms with van der Waals surface area (Å²) in [4.78, 5) is 4.27. The molecular formula is C19H25N. The molecule has 1 fully saturated rings. The zero-order chi connectivity index (χ0) is 14.2. The fourth-order valence-electron chi connectivity index (χ4n) is 4.25. The van der Waals surface area contributed by atoms with Crippen LogP contribution >= 0.6 is 0 Å². The van der Waals surface area contributed by atoms with Crippen LogP contribution in [0.4, 0.5) is 0 Å². The molecule has 0 saturated heterocycles. The summed E-state index contributed by atoms with van der Waals surface area (Å²) in [7, 11) is 0. The van der Waals surface area contributed by atoms with Gasteiger partial charge in [-0.05, 0) is 59.6 Å². The second-order valence-electron chi connectivity index (χ2n) is 6.77. The maximum Gasteiger partial charge on any atom is 0.0346 e. The maximum absolute atomic E-state index is 4.27. The number of nitrogens with zero attached hydrogens (tertiary/aromatic N) is 1. The first-order chi connectivity index (χ1) is 9.65. The highest BCUT2D eigenvalue weighted by molar-refractivity contribution is 5.82. The number of pyridine rings is 1. The van der Waals surface area contributed by atoms with Gasteiger partial charge in [0.15, 0.2) is 0 Å². The van der Waals surface area contributed by atoms with Crippen molar-refractivity contribution in [3.63, 3.8) is 0 Å². The van der Waals surface area contributed by atoms with E-state index in [1.54, 1.807) is 0 Å². The molecule has 3 rings (SSSR count). The van der Waals surface area contributed by atoms with Crippen LogP contribution in [-0.4, -0.2) is 4.98 Å². The Morgan fingerprint density at radius 1 is 1.20 bits per heavy atom. The quantitative estimate of drug-likeness (QED) is 0.710. The average Bonchev–Trinajstić information content (AvgIpc) is 2.75. The highest BCUT2D eigenvalue weighted by Gasteiger charge is 2.43. The Balaban J connectivity index is 2.01. The molecular weight excluding hydrogens is 242 g/mol.